The smallest absolute Gasteiger partial charge is 0.309 e. The Labute approximate surface area is 190 Å². The zero-order valence-corrected chi connectivity index (χ0v) is 19.1. The molecule has 32 heavy (non-hydrogen) atoms. The third-order valence-corrected chi connectivity index (χ3v) is 4.93. The molecule has 7 nitrogen and oxygen atoms in total. The number of allylic oxidation sites excluding steroid dienone is 2. The van der Waals surface area contributed by atoms with Crippen LogP contribution in [-0.4, -0.2) is 48.2 Å². The molecular weight excluding hydrogens is 408 g/mol. The predicted molar refractivity (Wildman–Crippen MR) is 125 cm³/mol. The summed E-state index contributed by atoms with van der Waals surface area (Å²) in [6, 6.07) is 9.32. The Morgan fingerprint density at radius 3 is 2.28 bits per heavy atom. The van der Waals surface area contributed by atoms with E-state index in [-0.39, 0.29) is 49.3 Å². The highest BCUT2D eigenvalue weighted by Crippen LogP contribution is 2.16. The lowest BCUT2D eigenvalue weighted by Crippen LogP contribution is -2.41. The molecule has 1 aromatic rings. The van der Waals surface area contributed by atoms with Crippen molar-refractivity contribution in [2.24, 2.45) is 11.8 Å². The second-order valence-electron chi connectivity index (χ2n) is 7.98. The summed E-state index contributed by atoms with van der Waals surface area (Å²) >= 11 is 0. The minimum Gasteiger partial charge on any atom is -0.461 e. The van der Waals surface area contributed by atoms with E-state index in [9.17, 15) is 14.4 Å². The van der Waals surface area contributed by atoms with E-state index in [0.717, 1.165) is 5.56 Å². The van der Waals surface area contributed by atoms with Gasteiger partial charge in [-0.15, -0.1) is 13.2 Å². The average molecular weight is 445 g/mol. The van der Waals surface area contributed by atoms with Crippen molar-refractivity contribution in [1.29, 1.82) is 0 Å². The fourth-order valence-corrected chi connectivity index (χ4v) is 3.17. The monoisotopic (exact) mass is 444 g/mol. The number of aliphatic hydroxyl groups excluding tert-OH is 1. The molecule has 3 N–H and O–H groups in total. The van der Waals surface area contributed by atoms with Crippen molar-refractivity contribution in [3.63, 3.8) is 0 Å². The van der Waals surface area contributed by atoms with E-state index in [0.29, 0.717) is 19.3 Å². The predicted octanol–water partition coefficient (Wildman–Crippen LogP) is 2.55. The standard InChI is InChI=1S/C25H36N2O5/c1-5-10-21(15-23(29)27-18(3)17-28)24(30)26-16-19(4)32-25(31)22(11-6-2)14-20-12-8-7-9-13-20/h5-9,12-13,18-19,21-22,28H,1-2,10-11,14-17H2,3-4H3,(H,26,30)(H,27,29)/t18-,19-,21+,22-/m0/s1. The second-order valence-corrected chi connectivity index (χ2v) is 7.98. The molecular formula is C25H36N2O5. The van der Waals surface area contributed by atoms with Gasteiger partial charge in [0.15, 0.2) is 0 Å². The van der Waals surface area contributed by atoms with Crippen LogP contribution in [0.3, 0.4) is 0 Å². The third-order valence-electron chi connectivity index (χ3n) is 4.93. The van der Waals surface area contributed by atoms with Gasteiger partial charge in [0.1, 0.15) is 6.10 Å². The molecule has 1 rings (SSSR count). The van der Waals surface area contributed by atoms with Crippen LogP contribution in [0.25, 0.3) is 0 Å². The summed E-state index contributed by atoms with van der Waals surface area (Å²) in [5.41, 5.74) is 1.04. The summed E-state index contributed by atoms with van der Waals surface area (Å²) in [6.07, 6.45) is 4.11. The highest BCUT2D eigenvalue weighted by atomic mass is 16.5. The van der Waals surface area contributed by atoms with E-state index in [2.05, 4.69) is 23.8 Å². The van der Waals surface area contributed by atoms with Crippen molar-refractivity contribution in [2.75, 3.05) is 13.2 Å². The molecule has 7 heteroatoms. The van der Waals surface area contributed by atoms with Gasteiger partial charge in [-0.3, -0.25) is 14.4 Å². The van der Waals surface area contributed by atoms with E-state index < -0.39 is 12.0 Å². The summed E-state index contributed by atoms with van der Waals surface area (Å²) < 4.78 is 5.55. The first-order chi connectivity index (χ1) is 15.3. The van der Waals surface area contributed by atoms with E-state index in [1.54, 1.807) is 26.0 Å². The summed E-state index contributed by atoms with van der Waals surface area (Å²) in [5, 5.41) is 14.4. The van der Waals surface area contributed by atoms with Gasteiger partial charge in [-0.25, -0.2) is 0 Å². The van der Waals surface area contributed by atoms with Gasteiger partial charge in [-0.2, -0.15) is 0 Å². The molecule has 0 spiro atoms. The number of amides is 2. The number of carbonyl (C=O) groups excluding carboxylic acids is 3. The Morgan fingerprint density at radius 1 is 1.06 bits per heavy atom. The van der Waals surface area contributed by atoms with Gasteiger partial charge in [0, 0.05) is 12.5 Å². The van der Waals surface area contributed by atoms with Crippen LogP contribution < -0.4 is 10.6 Å². The lowest BCUT2D eigenvalue weighted by molar-refractivity contribution is -0.153. The van der Waals surface area contributed by atoms with Crippen LogP contribution in [0.2, 0.25) is 0 Å². The first kappa shape index (κ1) is 27.1. The Kier molecular flexibility index (Phi) is 12.7. The highest BCUT2D eigenvalue weighted by Gasteiger charge is 2.24. The molecule has 0 aliphatic rings. The summed E-state index contributed by atoms with van der Waals surface area (Å²) in [4.78, 5) is 37.2. The van der Waals surface area contributed by atoms with Gasteiger partial charge < -0.3 is 20.5 Å². The average Bonchev–Trinajstić information content (AvgIpc) is 2.77. The zero-order chi connectivity index (χ0) is 23.9. The number of aliphatic hydroxyl groups is 1. The van der Waals surface area contributed by atoms with Crippen LogP contribution in [0.4, 0.5) is 0 Å². The Bertz CT molecular complexity index is 750. The van der Waals surface area contributed by atoms with Gasteiger partial charge >= 0.3 is 5.97 Å². The first-order valence-corrected chi connectivity index (χ1v) is 10.9. The zero-order valence-electron chi connectivity index (χ0n) is 19.1. The number of ether oxygens (including phenoxy) is 1. The molecule has 0 unspecified atom stereocenters. The van der Waals surface area contributed by atoms with Crippen molar-refractivity contribution in [1.82, 2.24) is 10.6 Å². The molecule has 0 heterocycles. The maximum absolute atomic E-state index is 12.6. The van der Waals surface area contributed by atoms with E-state index >= 15 is 0 Å². The number of benzene rings is 1. The number of nitrogens with one attached hydrogen (secondary N) is 2. The minimum absolute atomic E-state index is 0.0190. The molecule has 1 aromatic carbocycles. The highest BCUT2D eigenvalue weighted by molar-refractivity contribution is 5.86. The minimum atomic E-state index is -0.590. The van der Waals surface area contributed by atoms with Crippen molar-refractivity contribution in [2.45, 2.75) is 51.7 Å². The molecule has 2 amide bonds. The van der Waals surface area contributed by atoms with Gasteiger partial charge in [0.05, 0.1) is 25.0 Å². The number of hydrogen-bond donors (Lipinski definition) is 3. The Hall–Kier alpha value is -2.93. The van der Waals surface area contributed by atoms with Crippen LogP contribution in [0.1, 0.15) is 38.7 Å². The molecule has 0 saturated heterocycles. The maximum Gasteiger partial charge on any atom is 0.309 e. The molecule has 0 aliphatic carbocycles. The Balaban J connectivity index is 2.57. The van der Waals surface area contributed by atoms with E-state index in [1.165, 1.54) is 0 Å². The first-order valence-electron chi connectivity index (χ1n) is 10.9. The van der Waals surface area contributed by atoms with E-state index in [1.807, 2.05) is 30.3 Å². The van der Waals surface area contributed by atoms with Crippen LogP contribution in [0.15, 0.2) is 55.6 Å². The fraction of sp³-hybridized carbons (Fsp3) is 0.480. The maximum atomic E-state index is 12.6. The molecule has 0 aromatic heterocycles. The summed E-state index contributed by atoms with van der Waals surface area (Å²) in [7, 11) is 0. The van der Waals surface area contributed by atoms with Gasteiger partial charge in [-0.05, 0) is 38.7 Å². The van der Waals surface area contributed by atoms with Crippen LogP contribution in [0, 0.1) is 11.8 Å². The second kappa shape index (κ2) is 15.0. The summed E-state index contributed by atoms with van der Waals surface area (Å²) in [6.45, 7) is 10.7. The number of carbonyl (C=O) groups is 3. The van der Waals surface area contributed by atoms with Crippen molar-refractivity contribution >= 4 is 17.8 Å². The van der Waals surface area contributed by atoms with E-state index in [4.69, 9.17) is 9.84 Å². The molecule has 4 atom stereocenters. The normalized spacial score (nSPS) is 14.3. The SMILES string of the molecule is C=CC[C@H](CC(=O)N[C@@H](C)CO)C(=O)NC[C@H](C)OC(=O)[C@@H](CC=C)Cc1ccccc1. The van der Waals surface area contributed by atoms with Crippen molar-refractivity contribution in [3.05, 3.63) is 61.2 Å². The summed E-state index contributed by atoms with van der Waals surface area (Å²) in [5.74, 6) is -1.91. The molecule has 0 aliphatic heterocycles. The Morgan fingerprint density at radius 2 is 1.69 bits per heavy atom. The number of rotatable bonds is 15. The van der Waals surface area contributed by atoms with Crippen molar-refractivity contribution in [3.8, 4) is 0 Å². The lowest BCUT2D eigenvalue weighted by atomic mass is 9.96. The molecule has 0 bridgehead atoms. The fourth-order valence-electron chi connectivity index (χ4n) is 3.17. The van der Waals surface area contributed by atoms with Crippen LogP contribution >= 0.6 is 0 Å². The molecule has 0 fully saturated rings. The van der Waals surface area contributed by atoms with Crippen LogP contribution in [0.5, 0.6) is 0 Å². The molecule has 176 valence electrons. The third kappa shape index (κ3) is 10.4. The number of hydrogen-bond acceptors (Lipinski definition) is 5. The van der Waals surface area contributed by atoms with Crippen LogP contribution in [-0.2, 0) is 25.5 Å². The molecule has 0 saturated carbocycles. The largest absolute Gasteiger partial charge is 0.461 e. The quantitative estimate of drug-likeness (QED) is 0.285. The number of esters is 1. The van der Waals surface area contributed by atoms with Gasteiger partial charge in [0.2, 0.25) is 11.8 Å². The van der Waals surface area contributed by atoms with Gasteiger partial charge in [0.25, 0.3) is 0 Å². The van der Waals surface area contributed by atoms with Crippen molar-refractivity contribution < 1.29 is 24.2 Å². The van der Waals surface area contributed by atoms with Gasteiger partial charge in [-0.1, -0.05) is 42.5 Å². The molecule has 0 radical (unpaired) electrons. The topological polar surface area (TPSA) is 105 Å². The lowest BCUT2D eigenvalue weighted by Gasteiger charge is -2.21.